The molecule has 1 aromatic rings. The highest BCUT2D eigenvalue weighted by atomic mass is 79.9. The van der Waals surface area contributed by atoms with Crippen molar-refractivity contribution in [1.29, 1.82) is 0 Å². The fraction of sp³-hybridized carbons (Fsp3) is 0.625. The summed E-state index contributed by atoms with van der Waals surface area (Å²) >= 11 is 3.58. The van der Waals surface area contributed by atoms with Gasteiger partial charge in [0, 0.05) is 12.1 Å². The average molecular weight is 328 g/mol. The molecule has 0 aliphatic rings. The van der Waals surface area contributed by atoms with Crippen molar-refractivity contribution in [3.8, 4) is 5.75 Å². The lowest BCUT2D eigenvalue weighted by Crippen LogP contribution is -2.16. The van der Waals surface area contributed by atoms with E-state index < -0.39 is 0 Å². The van der Waals surface area contributed by atoms with Crippen molar-refractivity contribution in [3.63, 3.8) is 0 Å². The summed E-state index contributed by atoms with van der Waals surface area (Å²) < 4.78 is 7.03. The van der Waals surface area contributed by atoms with E-state index in [-0.39, 0.29) is 0 Å². The van der Waals surface area contributed by atoms with Crippen LogP contribution >= 0.6 is 15.9 Å². The van der Waals surface area contributed by atoms with Crippen LogP contribution in [0.4, 0.5) is 0 Å². The lowest BCUT2D eigenvalue weighted by Gasteiger charge is -2.20. The highest BCUT2D eigenvalue weighted by Gasteiger charge is 2.12. The van der Waals surface area contributed by atoms with Gasteiger partial charge in [-0.2, -0.15) is 0 Å². The molecule has 1 rings (SSSR count). The molecule has 1 aromatic carbocycles. The second kappa shape index (κ2) is 7.91. The van der Waals surface area contributed by atoms with Crippen molar-refractivity contribution in [2.24, 2.45) is 5.41 Å². The van der Waals surface area contributed by atoms with Crippen LogP contribution in [0, 0.1) is 5.41 Å². The Morgan fingerprint density at radius 1 is 1.26 bits per heavy atom. The highest BCUT2D eigenvalue weighted by molar-refractivity contribution is 9.10. The summed E-state index contributed by atoms with van der Waals surface area (Å²) in [6, 6.07) is 6.22. The number of para-hydroxylation sites is 1. The van der Waals surface area contributed by atoms with Gasteiger partial charge in [0.2, 0.25) is 0 Å². The Morgan fingerprint density at radius 2 is 2.00 bits per heavy atom. The average Bonchev–Trinajstić information content (AvgIpc) is 2.31. The summed E-state index contributed by atoms with van der Waals surface area (Å²) in [5.74, 6) is 0.982. The third kappa shape index (κ3) is 6.44. The monoisotopic (exact) mass is 327 g/mol. The van der Waals surface area contributed by atoms with Crippen molar-refractivity contribution in [2.75, 3.05) is 13.2 Å². The molecule has 108 valence electrons. The van der Waals surface area contributed by atoms with E-state index in [1.54, 1.807) is 0 Å². The van der Waals surface area contributed by atoms with Gasteiger partial charge in [0.25, 0.3) is 0 Å². The van der Waals surface area contributed by atoms with Crippen LogP contribution in [-0.4, -0.2) is 13.2 Å². The first-order chi connectivity index (χ1) is 8.94. The number of ether oxygens (including phenoxy) is 1. The lowest BCUT2D eigenvalue weighted by molar-refractivity contribution is 0.240. The molecule has 1 N–H and O–H groups in total. The molecule has 0 saturated carbocycles. The number of benzene rings is 1. The number of nitrogens with one attached hydrogen (secondary N) is 1. The Kier molecular flexibility index (Phi) is 6.87. The summed E-state index contributed by atoms with van der Waals surface area (Å²) in [5.41, 5.74) is 1.53. The second-order valence-electron chi connectivity index (χ2n) is 6.06. The Morgan fingerprint density at radius 3 is 2.63 bits per heavy atom. The summed E-state index contributed by atoms with van der Waals surface area (Å²) in [7, 11) is 0. The molecule has 0 aliphatic heterocycles. The molecule has 0 heterocycles. The zero-order chi connectivity index (χ0) is 14.3. The zero-order valence-corrected chi connectivity index (χ0v) is 14.1. The highest BCUT2D eigenvalue weighted by Crippen LogP contribution is 2.30. The van der Waals surface area contributed by atoms with Crippen molar-refractivity contribution in [2.45, 2.75) is 47.1 Å². The normalized spacial score (nSPS) is 11.6. The van der Waals surface area contributed by atoms with Crippen LogP contribution in [0.25, 0.3) is 0 Å². The van der Waals surface area contributed by atoms with E-state index in [0.29, 0.717) is 5.41 Å². The van der Waals surface area contributed by atoms with Crippen molar-refractivity contribution in [1.82, 2.24) is 5.32 Å². The SMILES string of the molecule is CCCNCc1cccc(Br)c1OCCC(C)(C)C. The molecule has 3 heteroatoms. The molecule has 0 radical (unpaired) electrons. The fourth-order valence-corrected chi connectivity index (χ4v) is 2.24. The lowest BCUT2D eigenvalue weighted by atomic mass is 9.93. The zero-order valence-electron chi connectivity index (χ0n) is 12.6. The molecule has 0 unspecified atom stereocenters. The van der Waals surface area contributed by atoms with Crippen LogP contribution in [-0.2, 0) is 6.54 Å². The van der Waals surface area contributed by atoms with Crippen molar-refractivity contribution in [3.05, 3.63) is 28.2 Å². The van der Waals surface area contributed by atoms with E-state index >= 15 is 0 Å². The van der Waals surface area contributed by atoms with E-state index in [1.165, 1.54) is 5.56 Å². The third-order valence-electron chi connectivity index (χ3n) is 2.89. The van der Waals surface area contributed by atoms with Crippen LogP contribution in [0.3, 0.4) is 0 Å². The molecule has 0 saturated heterocycles. The molecule has 0 aromatic heterocycles. The number of rotatable bonds is 7. The molecule has 19 heavy (non-hydrogen) atoms. The van der Waals surface area contributed by atoms with Gasteiger partial charge in [0.1, 0.15) is 5.75 Å². The molecule has 0 amide bonds. The first kappa shape index (κ1) is 16.5. The standard InChI is InChI=1S/C16H26BrNO/c1-5-10-18-12-13-7-6-8-14(17)15(13)19-11-9-16(2,3)4/h6-8,18H,5,9-12H2,1-4H3. The number of hydrogen-bond donors (Lipinski definition) is 1. The fourth-order valence-electron chi connectivity index (χ4n) is 1.71. The Hall–Kier alpha value is -0.540. The van der Waals surface area contributed by atoms with Gasteiger partial charge in [-0.05, 0) is 46.8 Å². The summed E-state index contributed by atoms with van der Waals surface area (Å²) in [4.78, 5) is 0. The first-order valence-corrected chi connectivity index (χ1v) is 7.84. The Labute approximate surface area is 126 Å². The Balaban J connectivity index is 2.63. The van der Waals surface area contributed by atoms with Gasteiger partial charge < -0.3 is 10.1 Å². The third-order valence-corrected chi connectivity index (χ3v) is 3.51. The summed E-state index contributed by atoms with van der Waals surface area (Å²) in [6.07, 6.45) is 2.20. The molecule has 0 aliphatic carbocycles. The largest absolute Gasteiger partial charge is 0.492 e. The van der Waals surface area contributed by atoms with Gasteiger partial charge in [-0.1, -0.05) is 39.8 Å². The van der Waals surface area contributed by atoms with E-state index in [4.69, 9.17) is 4.74 Å². The molecule has 0 spiro atoms. The number of hydrogen-bond acceptors (Lipinski definition) is 2. The summed E-state index contributed by atoms with van der Waals surface area (Å²) in [5, 5.41) is 3.42. The molecular weight excluding hydrogens is 302 g/mol. The minimum absolute atomic E-state index is 0.307. The van der Waals surface area contributed by atoms with Crippen LogP contribution in [0.1, 0.15) is 46.1 Å². The van der Waals surface area contributed by atoms with Crippen LogP contribution in [0.5, 0.6) is 5.75 Å². The quantitative estimate of drug-likeness (QED) is 0.729. The molecule has 0 fully saturated rings. The van der Waals surface area contributed by atoms with Gasteiger partial charge in [-0.3, -0.25) is 0 Å². The number of halogens is 1. The minimum atomic E-state index is 0.307. The summed E-state index contributed by atoms with van der Waals surface area (Å²) in [6.45, 7) is 11.5. The predicted octanol–water partition coefficient (Wildman–Crippen LogP) is 4.76. The second-order valence-corrected chi connectivity index (χ2v) is 6.92. The van der Waals surface area contributed by atoms with Gasteiger partial charge in [-0.25, -0.2) is 0 Å². The Bertz CT molecular complexity index is 385. The molecule has 0 bridgehead atoms. The predicted molar refractivity (Wildman–Crippen MR) is 85.7 cm³/mol. The van der Waals surface area contributed by atoms with Crippen LogP contribution in [0.2, 0.25) is 0 Å². The topological polar surface area (TPSA) is 21.3 Å². The maximum atomic E-state index is 5.99. The molecular formula is C16H26BrNO. The van der Waals surface area contributed by atoms with E-state index in [2.05, 4.69) is 61.1 Å². The molecule has 0 atom stereocenters. The van der Waals surface area contributed by atoms with Gasteiger partial charge >= 0.3 is 0 Å². The van der Waals surface area contributed by atoms with Crippen molar-refractivity contribution < 1.29 is 4.74 Å². The van der Waals surface area contributed by atoms with Gasteiger partial charge in [-0.15, -0.1) is 0 Å². The van der Waals surface area contributed by atoms with Gasteiger partial charge in [0.05, 0.1) is 11.1 Å². The molecule has 2 nitrogen and oxygen atoms in total. The maximum absolute atomic E-state index is 5.99. The van der Waals surface area contributed by atoms with Crippen molar-refractivity contribution >= 4 is 15.9 Å². The van der Waals surface area contributed by atoms with Gasteiger partial charge in [0.15, 0.2) is 0 Å². The maximum Gasteiger partial charge on any atom is 0.137 e. The van der Waals surface area contributed by atoms with E-state index in [1.807, 2.05) is 6.07 Å². The first-order valence-electron chi connectivity index (χ1n) is 7.05. The van der Waals surface area contributed by atoms with Crippen LogP contribution < -0.4 is 10.1 Å². The van der Waals surface area contributed by atoms with E-state index in [9.17, 15) is 0 Å². The smallest absolute Gasteiger partial charge is 0.137 e. The van der Waals surface area contributed by atoms with E-state index in [0.717, 1.165) is 42.8 Å². The minimum Gasteiger partial charge on any atom is -0.492 e. The van der Waals surface area contributed by atoms with Crippen LogP contribution in [0.15, 0.2) is 22.7 Å².